The minimum Gasteiger partial charge on any atom is -0.493 e. The lowest BCUT2D eigenvalue weighted by Crippen LogP contribution is -2.38. The summed E-state index contributed by atoms with van der Waals surface area (Å²) in [5.41, 5.74) is -1.68. The minimum atomic E-state index is -4.75. The van der Waals surface area contributed by atoms with Crippen LogP contribution in [-0.2, 0) is 23.6 Å². The maximum atomic E-state index is 13.5. The lowest BCUT2D eigenvalue weighted by molar-refractivity contribution is -0.142. The van der Waals surface area contributed by atoms with Gasteiger partial charge in [-0.25, -0.2) is 0 Å². The van der Waals surface area contributed by atoms with Crippen molar-refractivity contribution in [1.29, 1.82) is 0 Å². The number of aryl methyl sites for hydroxylation is 1. The van der Waals surface area contributed by atoms with E-state index in [0.29, 0.717) is 62.9 Å². The van der Waals surface area contributed by atoms with Crippen molar-refractivity contribution >= 4 is 5.97 Å². The molecule has 1 unspecified atom stereocenters. The summed E-state index contributed by atoms with van der Waals surface area (Å²) >= 11 is 0. The summed E-state index contributed by atoms with van der Waals surface area (Å²) in [6.45, 7) is 2.76. The highest BCUT2D eigenvalue weighted by Crippen LogP contribution is 2.40. The Hall–Kier alpha value is -2.75. The number of nitrogens with zero attached hydrogens (tertiary/aromatic N) is 1. The minimum absolute atomic E-state index is 0.0159. The Balaban J connectivity index is 0.00000124. The van der Waals surface area contributed by atoms with Crippen molar-refractivity contribution in [3.05, 3.63) is 64.7 Å². The van der Waals surface area contributed by atoms with Crippen molar-refractivity contribution in [3.8, 4) is 5.75 Å². The van der Waals surface area contributed by atoms with E-state index in [1.165, 1.54) is 26.2 Å². The van der Waals surface area contributed by atoms with Crippen LogP contribution in [0.1, 0.15) is 73.7 Å². The zero-order valence-electron chi connectivity index (χ0n) is 21.2. The summed E-state index contributed by atoms with van der Waals surface area (Å²) < 4.78 is 85.8. The Kier molecular flexibility index (Phi) is 10.1. The van der Waals surface area contributed by atoms with Gasteiger partial charge in [0.2, 0.25) is 0 Å². The van der Waals surface area contributed by atoms with Gasteiger partial charge in [-0.15, -0.1) is 0 Å². The number of likely N-dealkylation sites (tertiary alicyclic amines) is 1. The molecule has 2 aromatic rings. The fourth-order valence-electron chi connectivity index (χ4n) is 4.30. The predicted octanol–water partition coefficient (Wildman–Crippen LogP) is 7.76. The molecule has 1 heterocycles. The standard InChI is InChI=1S/C25H27F6NO3.C3H6/c1-16(21-14-19(24(26,27)28)6-7-22(21)25(29,30)31)32-11-9-18(10-12-32)15-35-20-4-2-3-17(13-20)5-8-23(33)34;1-2-3-1/h2-4,6-7,13-14,16,18H,5,8-12,15H2,1H3,(H,33,34);1-3H2. The number of carboxylic acids is 1. The number of hydrogen-bond donors (Lipinski definition) is 1. The van der Waals surface area contributed by atoms with Crippen LogP contribution in [0.2, 0.25) is 0 Å². The van der Waals surface area contributed by atoms with E-state index >= 15 is 0 Å². The van der Waals surface area contributed by atoms with Gasteiger partial charge in [0, 0.05) is 12.5 Å². The van der Waals surface area contributed by atoms with Crippen LogP contribution in [-0.4, -0.2) is 35.7 Å². The van der Waals surface area contributed by atoms with E-state index in [-0.39, 0.29) is 17.9 Å². The second-order valence-electron chi connectivity index (χ2n) is 9.87. The van der Waals surface area contributed by atoms with Gasteiger partial charge in [0.1, 0.15) is 5.75 Å². The summed E-state index contributed by atoms with van der Waals surface area (Å²) in [4.78, 5) is 12.5. The lowest BCUT2D eigenvalue weighted by atomic mass is 9.92. The Morgan fingerprint density at radius 2 is 1.66 bits per heavy atom. The monoisotopic (exact) mass is 545 g/mol. The van der Waals surface area contributed by atoms with Crippen molar-refractivity contribution in [1.82, 2.24) is 4.90 Å². The molecule has 4 rings (SSSR count). The summed E-state index contributed by atoms with van der Waals surface area (Å²) in [7, 11) is 0. The zero-order valence-corrected chi connectivity index (χ0v) is 21.2. The number of hydrogen-bond acceptors (Lipinski definition) is 3. The number of alkyl halides is 6. The molecule has 4 nitrogen and oxygen atoms in total. The molecular formula is C28H33F6NO3. The lowest BCUT2D eigenvalue weighted by Gasteiger charge is -2.37. The van der Waals surface area contributed by atoms with Crippen molar-refractivity contribution in [3.63, 3.8) is 0 Å². The molecule has 0 amide bonds. The van der Waals surface area contributed by atoms with Crippen LogP contribution in [0.25, 0.3) is 0 Å². The number of aliphatic carboxylic acids is 1. The molecule has 1 aliphatic heterocycles. The maximum absolute atomic E-state index is 13.5. The highest BCUT2D eigenvalue weighted by Gasteiger charge is 2.39. The van der Waals surface area contributed by atoms with Gasteiger partial charge in [0.15, 0.2) is 0 Å². The SMILES string of the molecule is C1CC1.CC(c1cc(C(F)(F)F)ccc1C(F)(F)F)N1CCC(COc2cccc(CCC(=O)O)c2)CC1. The van der Waals surface area contributed by atoms with Gasteiger partial charge in [-0.05, 0) is 86.7 Å². The molecule has 2 aliphatic rings. The van der Waals surface area contributed by atoms with Gasteiger partial charge in [-0.1, -0.05) is 31.4 Å². The van der Waals surface area contributed by atoms with Crippen LogP contribution in [0.3, 0.4) is 0 Å². The van der Waals surface area contributed by atoms with Crippen LogP contribution in [0.4, 0.5) is 26.3 Å². The van der Waals surface area contributed by atoms with Crippen LogP contribution in [0, 0.1) is 5.92 Å². The summed E-state index contributed by atoms with van der Waals surface area (Å²) in [6, 6.07) is 7.92. The number of ether oxygens (including phenoxy) is 1. The highest BCUT2D eigenvalue weighted by molar-refractivity contribution is 5.67. The Bertz CT molecular complexity index is 1060. The largest absolute Gasteiger partial charge is 0.493 e. The smallest absolute Gasteiger partial charge is 0.416 e. The van der Waals surface area contributed by atoms with E-state index in [0.717, 1.165) is 5.56 Å². The topological polar surface area (TPSA) is 49.8 Å². The number of rotatable bonds is 8. The van der Waals surface area contributed by atoms with E-state index in [1.807, 2.05) is 6.07 Å². The Labute approximate surface area is 218 Å². The van der Waals surface area contributed by atoms with E-state index < -0.39 is 35.5 Å². The Morgan fingerprint density at radius 1 is 1.00 bits per heavy atom. The molecule has 0 radical (unpaired) electrons. The quantitative estimate of drug-likeness (QED) is 0.345. The molecule has 2 aromatic carbocycles. The van der Waals surface area contributed by atoms with Crippen molar-refractivity contribution in [2.75, 3.05) is 19.7 Å². The van der Waals surface area contributed by atoms with Gasteiger partial charge in [-0.3, -0.25) is 9.69 Å². The first-order chi connectivity index (χ1) is 17.8. The average molecular weight is 546 g/mol. The first-order valence-corrected chi connectivity index (χ1v) is 12.8. The third-order valence-corrected chi connectivity index (χ3v) is 6.70. The molecule has 1 saturated heterocycles. The number of halogens is 6. The first-order valence-electron chi connectivity index (χ1n) is 12.8. The fraction of sp³-hybridized carbons (Fsp3) is 0.536. The van der Waals surface area contributed by atoms with Crippen molar-refractivity contribution < 1.29 is 41.0 Å². The zero-order chi connectivity index (χ0) is 27.9. The molecule has 210 valence electrons. The van der Waals surface area contributed by atoms with Gasteiger partial charge in [-0.2, -0.15) is 26.3 Å². The molecular weight excluding hydrogens is 512 g/mol. The molecule has 0 bridgehead atoms. The molecule has 1 atom stereocenters. The van der Waals surface area contributed by atoms with E-state index in [4.69, 9.17) is 9.84 Å². The van der Waals surface area contributed by atoms with Crippen LogP contribution < -0.4 is 4.74 Å². The number of piperidine rings is 1. The first kappa shape index (κ1) is 29.8. The average Bonchev–Trinajstić information content (AvgIpc) is 3.75. The highest BCUT2D eigenvalue weighted by atomic mass is 19.4. The molecule has 38 heavy (non-hydrogen) atoms. The van der Waals surface area contributed by atoms with Crippen LogP contribution in [0.5, 0.6) is 5.75 Å². The summed E-state index contributed by atoms with van der Waals surface area (Å²) in [5, 5.41) is 8.81. The molecule has 10 heteroatoms. The van der Waals surface area contributed by atoms with Crippen LogP contribution >= 0.6 is 0 Å². The van der Waals surface area contributed by atoms with Crippen molar-refractivity contribution in [2.24, 2.45) is 5.92 Å². The molecule has 0 spiro atoms. The summed E-state index contributed by atoms with van der Waals surface area (Å²) in [5.74, 6) is -0.128. The van der Waals surface area contributed by atoms with Gasteiger partial charge in [0.05, 0.1) is 17.7 Å². The fourth-order valence-corrected chi connectivity index (χ4v) is 4.30. The normalized spacial score (nSPS) is 17.3. The van der Waals surface area contributed by atoms with E-state index in [2.05, 4.69) is 0 Å². The van der Waals surface area contributed by atoms with Gasteiger partial charge in [0.25, 0.3) is 0 Å². The molecule has 1 N–H and O–H groups in total. The number of carboxylic acid groups (broad SMARTS) is 1. The second-order valence-corrected chi connectivity index (χ2v) is 9.87. The van der Waals surface area contributed by atoms with E-state index in [1.54, 1.807) is 23.1 Å². The molecule has 2 fully saturated rings. The van der Waals surface area contributed by atoms with Crippen LogP contribution in [0.15, 0.2) is 42.5 Å². The number of benzene rings is 2. The van der Waals surface area contributed by atoms with Gasteiger partial charge < -0.3 is 9.84 Å². The second kappa shape index (κ2) is 12.9. The molecule has 1 aliphatic carbocycles. The third-order valence-electron chi connectivity index (χ3n) is 6.70. The third kappa shape index (κ3) is 9.22. The van der Waals surface area contributed by atoms with E-state index in [9.17, 15) is 31.1 Å². The maximum Gasteiger partial charge on any atom is 0.416 e. The van der Waals surface area contributed by atoms with Crippen molar-refractivity contribution in [2.45, 2.75) is 70.3 Å². The molecule has 1 saturated carbocycles. The Morgan fingerprint density at radius 3 is 2.21 bits per heavy atom. The summed E-state index contributed by atoms with van der Waals surface area (Å²) in [6.07, 6.45) is -3.32. The number of carbonyl (C=O) groups is 1. The molecule has 0 aromatic heterocycles. The van der Waals surface area contributed by atoms with Gasteiger partial charge >= 0.3 is 18.3 Å². The predicted molar refractivity (Wildman–Crippen MR) is 131 cm³/mol.